The molecular formula is C26H22ClN3O3S3. The van der Waals surface area contributed by atoms with Gasteiger partial charge in [0, 0.05) is 46.7 Å². The number of carbonyl (C=O) groups excluding carboxylic acids is 3. The van der Waals surface area contributed by atoms with Gasteiger partial charge in [-0.05, 0) is 66.4 Å². The number of halogens is 1. The van der Waals surface area contributed by atoms with Crippen molar-refractivity contribution in [2.45, 2.75) is 9.10 Å². The first kappa shape index (κ1) is 25.0. The van der Waals surface area contributed by atoms with Crippen LogP contribution in [0.1, 0.15) is 4.88 Å². The number of thioether (sulfide) groups is 1. The van der Waals surface area contributed by atoms with Gasteiger partial charge >= 0.3 is 0 Å². The second-order valence-corrected chi connectivity index (χ2v) is 12.1. The molecule has 2 fully saturated rings. The van der Waals surface area contributed by atoms with E-state index in [4.69, 9.17) is 11.6 Å². The summed E-state index contributed by atoms with van der Waals surface area (Å²) in [6.45, 7) is 2.32. The van der Waals surface area contributed by atoms with Crippen LogP contribution >= 0.6 is 46.5 Å². The van der Waals surface area contributed by atoms with Crippen molar-refractivity contribution < 1.29 is 14.4 Å². The first-order chi connectivity index (χ1) is 17.5. The molecule has 2 aliphatic heterocycles. The van der Waals surface area contributed by atoms with Crippen LogP contribution in [-0.4, -0.2) is 59.6 Å². The minimum absolute atomic E-state index is 0.205. The number of nitrogens with zero attached hydrogens (tertiary/aromatic N) is 3. The van der Waals surface area contributed by atoms with Crippen molar-refractivity contribution in [2.75, 3.05) is 37.6 Å². The molecule has 0 spiro atoms. The lowest BCUT2D eigenvalue weighted by molar-refractivity contribution is -0.136. The number of para-hydroxylation sites is 1. The van der Waals surface area contributed by atoms with Crippen LogP contribution in [0.25, 0.3) is 6.08 Å². The minimum atomic E-state index is -0.415. The highest BCUT2D eigenvalue weighted by atomic mass is 35.5. The Morgan fingerprint density at radius 3 is 2.39 bits per heavy atom. The van der Waals surface area contributed by atoms with E-state index in [1.165, 1.54) is 11.3 Å². The van der Waals surface area contributed by atoms with Gasteiger partial charge in [0.25, 0.3) is 11.1 Å². The van der Waals surface area contributed by atoms with E-state index in [0.29, 0.717) is 36.1 Å². The molecule has 3 aromatic rings. The molecule has 6 nitrogen and oxygen atoms in total. The van der Waals surface area contributed by atoms with E-state index in [9.17, 15) is 14.4 Å². The van der Waals surface area contributed by atoms with Crippen molar-refractivity contribution in [1.82, 2.24) is 9.80 Å². The van der Waals surface area contributed by atoms with Crippen LogP contribution in [0, 0.1) is 0 Å². The standard InChI is InChI=1S/C26H22ClN3O3S3/c27-18-6-8-20(9-7-18)34-24-11-10-21(35-24)16-22-25(32)30(26(33)36-22)17-23(31)29-14-12-28(13-15-29)19-4-2-1-3-5-19/h1-11,16H,12-15,17H2. The number of piperazine rings is 1. The summed E-state index contributed by atoms with van der Waals surface area (Å²) in [5.74, 6) is -0.620. The Hall–Kier alpha value is -2.72. The lowest BCUT2D eigenvalue weighted by Gasteiger charge is -2.36. The van der Waals surface area contributed by atoms with E-state index in [1.807, 2.05) is 54.6 Å². The molecule has 184 valence electrons. The SMILES string of the molecule is O=C(CN1C(=O)SC(=Cc2ccc(Sc3ccc(Cl)cc3)s2)C1=O)N1CCN(c2ccccc2)CC1. The maximum Gasteiger partial charge on any atom is 0.294 e. The Balaban J connectivity index is 1.17. The maximum absolute atomic E-state index is 12.9. The highest BCUT2D eigenvalue weighted by Crippen LogP contribution is 2.37. The highest BCUT2D eigenvalue weighted by molar-refractivity contribution is 8.18. The fraction of sp³-hybridized carbons (Fsp3) is 0.192. The summed E-state index contributed by atoms with van der Waals surface area (Å²) in [6, 6.07) is 21.6. The molecule has 2 saturated heterocycles. The van der Waals surface area contributed by atoms with Gasteiger partial charge in [-0.2, -0.15) is 0 Å². The van der Waals surface area contributed by atoms with Gasteiger partial charge in [-0.25, -0.2) is 0 Å². The zero-order valence-corrected chi connectivity index (χ0v) is 22.3. The van der Waals surface area contributed by atoms with Crippen LogP contribution in [0.2, 0.25) is 5.02 Å². The molecule has 0 N–H and O–H groups in total. The number of anilines is 1. The molecule has 0 unspecified atom stereocenters. The Kier molecular flexibility index (Phi) is 7.71. The molecule has 2 aliphatic rings. The number of imide groups is 1. The maximum atomic E-state index is 12.9. The van der Waals surface area contributed by atoms with Crippen molar-refractivity contribution in [3.63, 3.8) is 0 Å². The largest absolute Gasteiger partial charge is 0.368 e. The third-order valence-electron chi connectivity index (χ3n) is 5.83. The van der Waals surface area contributed by atoms with Gasteiger partial charge in [0.1, 0.15) is 6.54 Å². The predicted octanol–water partition coefficient (Wildman–Crippen LogP) is 5.94. The number of carbonyl (C=O) groups is 3. The van der Waals surface area contributed by atoms with Crippen molar-refractivity contribution in [3.05, 3.63) is 81.5 Å². The number of rotatable bonds is 6. The first-order valence-corrected chi connectivity index (χ1v) is 14.2. The molecule has 0 bridgehead atoms. The second-order valence-electron chi connectivity index (χ2n) is 8.18. The van der Waals surface area contributed by atoms with E-state index in [0.717, 1.165) is 36.3 Å². The van der Waals surface area contributed by atoms with Crippen LogP contribution in [0.5, 0.6) is 0 Å². The summed E-state index contributed by atoms with van der Waals surface area (Å²) < 4.78 is 1.06. The van der Waals surface area contributed by atoms with Gasteiger partial charge in [0.2, 0.25) is 5.91 Å². The second kappa shape index (κ2) is 11.1. The number of hydrogen-bond acceptors (Lipinski definition) is 7. The number of benzene rings is 2. The normalized spacial score (nSPS) is 17.4. The van der Waals surface area contributed by atoms with E-state index in [-0.39, 0.29) is 12.5 Å². The molecule has 3 amide bonds. The third kappa shape index (κ3) is 5.81. The average Bonchev–Trinajstić information content (AvgIpc) is 3.45. The molecule has 10 heteroatoms. The van der Waals surface area contributed by atoms with Crippen molar-refractivity contribution in [1.29, 1.82) is 0 Å². The molecule has 36 heavy (non-hydrogen) atoms. The van der Waals surface area contributed by atoms with E-state index in [2.05, 4.69) is 17.0 Å². The van der Waals surface area contributed by atoms with Crippen LogP contribution in [0.4, 0.5) is 10.5 Å². The monoisotopic (exact) mass is 555 g/mol. The van der Waals surface area contributed by atoms with Crippen LogP contribution in [0.3, 0.4) is 0 Å². The molecule has 2 aromatic carbocycles. The summed E-state index contributed by atoms with van der Waals surface area (Å²) in [4.78, 5) is 45.6. The Morgan fingerprint density at radius 1 is 0.944 bits per heavy atom. The highest BCUT2D eigenvalue weighted by Gasteiger charge is 2.37. The van der Waals surface area contributed by atoms with Crippen LogP contribution in [0.15, 0.2) is 80.7 Å². The zero-order valence-electron chi connectivity index (χ0n) is 19.1. The summed E-state index contributed by atoms with van der Waals surface area (Å²) in [6.07, 6.45) is 1.73. The molecule has 5 rings (SSSR count). The van der Waals surface area contributed by atoms with Gasteiger partial charge < -0.3 is 9.80 Å². The summed E-state index contributed by atoms with van der Waals surface area (Å²) in [5, 5.41) is 0.282. The lowest BCUT2D eigenvalue weighted by Crippen LogP contribution is -2.51. The van der Waals surface area contributed by atoms with Crippen molar-refractivity contribution in [2.24, 2.45) is 0 Å². The summed E-state index contributed by atoms with van der Waals surface area (Å²) >= 11 is 9.98. The molecule has 0 radical (unpaired) electrons. The van der Waals surface area contributed by atoms with Gasteiger partial charge in [-0.3, -0.25) is 19.3 Å². The third-order valence-corrected chi connectivity index (χ3v) is 9.16. The van der Waals surface area contributed by atoms with Crippen molar-refractivity contribution in [3.8, 4) is 0 Å². The smallest absolute Gasteiger partial charge is 0.294 e. The lowest BCUT2D eigenvalue weighted by atomic mass is 10.2. The number of thiophene rings is 1. The Morgan fingerprint density at radius 2 is 1.67 bits per heavy atom. The van der Waals surface area contributed by atoms with Crippen LogP contribution in [-0.2, 0) is 9.59 Å². The molecule has 0 saturated carbocycles. The van der Waals surface area contributed by atoms with E-state index < -0.39 is 11.1 Å². The van der Waals surface area contributed by atoms with Gasteiger partial charge in [-0.15, -0.1) is 11.3 Å². The van der Waals surface area contributed by atoms with Gasteiger partial charge in [0.05, 0.1) is 9.11 Å². The first-order valence-electron chi connectivity index (χ1n) is 11.3. The molecule has 3 heterocycles. The fourth-order valence-electron chi connectivity index (χ4n) is 3.94. The van der Waals surface area contributed by atoms with E-state index >= 15 is 0 Å². The minimum Gasteiger partial charge on any atom is -0.368 e. The number of amides is 3. The number of hydrogen-bond donors (Lipinski definition) is 0. The van der Waals surface area contributed by atoms with Gasteiger partial charge in [0.15, 0.2) is 0 Å². The molecule has 1 aromatic heterocycles. The van der Waals surface area contributed by atoms with E-state index in [1.54, 1.807) is 22.7 Å². The molecule has 0 atom stereocenters. The zero-order chi connectivity index (χ0) is 25.1. The Labute approximate surface area is 226 Å². The predicted molar refractivity (Wildman–Crippen MR) is 148 cm³/mol. The quantitative estimate of drug-likeness (QED) is 0.351. The summed E-state index contributed by atoms with van der Waals surface area (Å²) in [7, 11) is 0. The van der Waals surface area contributed by atoms with Crippen molar-refractivity contribution >= 4 is 75.3 Å². The van der Waals surface area contributed by atoms with Crippen LogP contribution < -0.4 is 4.90 Å². The average molecular weight is 556 g/mol. The molecule has 0 aliphatic carbocycles. The van der Waals surface area contributed by atoms with Gasteiger partial charge in [-0.1, -0.05) is 41.6 Å². The summed E-state index contributed by atoms with van der Waals surface area (Å²) in [5.41, 5.74) is 1.13. The Bertz CT molecular complexity index is 1300. The fourth-order valence-corrected chi connectivity index (χ4v) is 7.03. The topological polar surface area (TPSA) is 60.9 Å². The molecular weight excluding hydrogens is 534 g/mol.